The van der Waals surface area contributed by atoms with E-state index in [0.29, 0.717) is 13.1 Å². The molecule has 0 spiro atoms. The van der Waals surface area contributed by atoms with Crippen LogP contribution in [0.1, 0.15) is 51.9 Å². The van der Waals surface area contributed by atoms with Crippen molar-refractivity contribution in [2.75, 3.05) is 32.8 Å². The van der Waals surface area contributed by atoms with Gasteiger partial charge >= 0.3 is 0 Å². The molecule has 0 aromatic rings. The van der Waals surface area contributed by atoms with Crippen molar-refractivity contribution in [3.05, 3.63) is 12.2 Å². The number of hydrogen-bond acceptors (Lipinski definition) is 5. The van der Waals surface area contributed by atoms with Gasteiger partial charge in [0.15, 0.2) is 0 Å². The quantitative estimate of drug-likeness (QED) is 0.270. The summed E-state index contributed by atoms with van der Waals surface area (Å²) in [6, 6.07) is 0. The molecule has 0 aliphatic heterocycles. The lowest BCUT2D eigenvalue weighted by Crippen LogP contribution is -2.40. The lowest BCUT2D eigenvalue weighted by Gasteiger charge is -2.26. The van der Waals surface area contributed by atoms with Crippen LogP contribution in [0.25, 0.3) is 0 Å². The average Bonchev–Trinajstić information content (AvgIpc) is 2.52. The van der Waals surface area contributed by atoms with Gasteiger partial charge in [-0.2, -0.15) is 0 Å². The second-order valence-corrected chi connectivity index (χ2v) is 5.87. The van der Waals surface area contributed by atoms with Crippen LogP contribution in [0, 0.1) is 0 Å². The van der Waals surface area contributed by atoms with Crippen LogP contribution in [-0.2, 0) is 0 Å². The van der Waals surface area contributed by atoms with Crippen molar-refractivity contribution < 1.29 is 20.4 Å². The van der Waals surface area contributed by atoms with Crippen LogP contribution in [0.5, 0.6) is 0 Å². The summed E-state index contributed by atoms with van der Waals surface area (Å²) in [6.45, 7) is 3.01. The molecule has 0 heterocycles. The van der Waals surface area contributed by atoms with Crippen molar-refractivity contribution in [1.82, 2.24) is 4.90 Å². The number of hydrogen-bond donors (Lipinski definition) is 4. The van der Waals surface area contributed by atoms with Gasteiger partial charge in [0.1, 0.15) is 0 Å². The molecule has 0 aliphatic carbocycles. The van der Waals surface area contributed by atoms with E-state index in [1.165, 1.54) is 19.3 Å². The molecule has 0 aromatic carbocycles. The number of aliphatic hydroxyl groups excluding tert-OH is 4. The van der Waals surface area contributed by atoms with Crippen molar-refractivity contribution >= 4 is 0 Å². The Labute approximate surface area is 135 Å². The Balaban J connectivity index is 3.76. The fraction of sp³-hybridized carbons (Fsp3) is 0.882. The van der Waals surface area contributed by atoms with E-state index in [0.717, 1.165) is 32.2 Å². The second-order valence-electron chi connectivity index (χ2n) is 5.87. The summed E-state index contributed by atoms with van der Waals surface area (Å²) in [6.07, 6.45) is 10.9. The molecule has 0 saturated heterocycles. The number of nitrogens with zero attached hydrogens (tertiary/aromatic N) is 1. The molecular formula is C17H35NO4. The molecule has 0 aliphatic rings. The Bertz CT molecular complexity index is 249. The van der Waals surface area contributed by atoms with Crippen molar-refractivity contribution in [3.8, 4) is 0 Å². The molecule has 2 atom stereocenters. The zero-order valence-corrected chi connectivity index (χ0v) is 14.0. The maximum atomic E-state index is 9.52. The first-order chi connectivity index (χ1) is 10.6. The maximum absolute atomic E-state index is 9.52. The van der Waals surface area contributed by atoms with Crippen molar-refractivity contribution in [2.45, 2.75) is 64.1 Å². The first-order valence-electron chi connectivity index (χ1n) is 8.59. The van der Waals surface area contributed by atoms with Gasteiger partial charge in [0.2, 0.25) is 0 Å². The van der Waals surface area contributed by atoms with Gasteiger partial charge in [0.05, 0.1) is 25.4 Å². The molecule has 0 radical (unpaired) electrons. The highest BCUT2D eigenvalue weighted by atomic mass is 16.3. The number of unbranched alkanes of at least 4 members (excludes halogenated alkanes) is 5. The smallest absolute Gasteiger partial charge is 0.0897 e. The summed E-state index contributed by atoms with van der Waals surface area (Å²) in [5.41, 5.74) is 0. The highest BCUT2D eigenvalue weighted by Crippen LogP contribution is 2.08. The molecule has 0 rings (SSSR count). The van der Waals surface area contributed by atoms with E-state index in [-0.39, 0.29) is 13.2 Å². The third-order valence-corrected chi connectivity index (χ3v) is 3.61. The standard InChI is InChI=1S/C17H35NO4/c1-2-3-4-5-6-7-8-9-10-11-18(12-16(21)14-19)13-17(22)15-20/h3-4,16-17,19-22H,2,5-15H2,1H3/b4-3+. The predicted molar refractivity (Wildman–Crippen MR) is 89.8 cm³/mol. The number of allylic oxidation sites excluding steroid dienone is 2. The first kappa shape index (κ1) is 21.5. The van der Waals surface area contributed by atoms with Gasteiger partial charge in [-0.3, -0.25) is 4.90 Å². The Hall–Kier alpha value is -0.460. The molecule has 0 fully saturated rings. The monoisotopic (exact) mass is 317 g/mol. The molecule has 0 bridgehead atoms. The Kier molecular flexibility index (Phi) is 15.1. The van der Waals surface area contributed by atoms with Gasteiger partial charge in [-0.1, -0.05) is 38.3 Å². The van der Waals surface area contributed by atoms with E-state index >= 15 is 0 Å². The molecule has 0 amide bonds. The Morgan fingerprint density at radius 2 is 1.36 bits per heavy atom. The maximum Gasteiger partial charge on any atom is 0.0897 e. The van der Waals surface area contributed by atoms with Crippen LogP contribution < -0.4 is 0 Å². The number of aliphatic hydroxyl groups is 4. The first-order valence-corrected chi connectivity index (χ1v) is 8.59. The largest absolute Gasteiger partial charge is 0.394 e. The minimum Gasteiger partial charge on any atom is -0.394 e. The van der Waals surface area contributed by atoms with Gasteiger partial charge in [-0.15, -0.1) is 0 Å². The minimum atomic E-state index is -0.795. The van der Waals surface area contributed by atoms with Gasteiger partial charge < -0.3 is 20.4 Å². The van der Waals surface area contributed by atoms with Crippen LogP contribution in [0.4, 0.5) is 0 Å². The third kappa shape index (κ3) is 13.2. The summed E-state index contributed by atoms with van der Waals surface area (Å²) < 4.78 is 0. The Morgan fingerprint density at radius 3 is 1.91 bits per heavy atom. The molecule has 0 aromatic heterocycles. The molecule has 2 unspecified atom stereocenters. The topological polar surface area (TPSA) is 84.2 Å². The molecular weight excluding hydrogens is 282 g/mol. The van der Waals surface area contributed by atoms with E-state index in [1.807, 2.05) is 4.90 Å². The SMILES string of the molecule is CC/C=C/CCCCCCCN(CC(O)CO)CC(O)CO. The normalized spacial score (nSPS) is 14.8. The molecule has 22 heavy (non-hydrogen) atoms. The van der Waals surface area contributed by atoms with Crippen LogP contribution >= 0.6 is 0 Å². The zero-order valence-electron chi connectivity index (χ0n) is 14.0. The zero-order chi connectivity index (χ0) is 16.6. The summed E-state index contributed by atoms with van der Waals surface area (Å²) in [4.78, 5) is 1.91. The highest BCUT2D eigenvalue weighted by molar-refractivity contribution is 4.79. The second kappa shape index (κ2) is 15.4. The van der Waals surface area contributed by atoms with Crippen LogP contribution in [0.3, 0.4) is 0 Å². The van der Waals surface area contributed by atoms with E-state index in [4.69, 9.17) is 10.2 Å². The van der Waals surface area contributed by atoms with E-state index in [1.54, 1.807) is 0 Å². The van der Waals surface area contributed by atoms with Gasteiger partial charge in [-0.25, -0.2) is 0 Å². The fourth-order valence-electron chi connectivity index (χ4n) is 2.38. The molecule has 5 nitrogen and oxygen atoms in total. The van der Waals surface area contributed by atoms with Crippen LogP contribution in [-0.4, -0.2) is 70.4 Å². The van der Waals surface area contributed by atoms with Gasteiger partial charge in [0, 0.05) is 13.1 Å². The average molecular weight is 317 g/mol. The molecule has 0 saturated carbocycles. The van der Waals surface area contributed by atoms with Gasteiger partial charge in [-0.05, 0) is 32.2 Å². The summed E-state index contributed by atoms with van der Waals surface area (Å²) >= 11 is 0. The van der Waals surface area contributed by atoms with Crippen molar-refractivity contribution in [1.29, 1.82) is 0 Å². The fourth-order valence-corrected chi connectivity index (χ4v) is 2.38. The van der Waals surface area contributed by atoms with Gasteiger partial charge in [0.25, 0.3) is 0 Å². The summed E-state index contributed by atoms with van der Waals surface area (Å²) in [5.74, 6) is 0. The lowest BCUT2D eigenvalue weighted by atomic mass is 10.1. The molecule has 4 N–H and O–H groups in total. The highest BCUT2D eigenvalue weighted by Gasteiger charge is 2.14. The van der Waals surface area contributed by atoms with E-state index in [2.05, 4.69) is 19.1 Å². The predicted octanol–water partition coefficient (Wildman–Crippen LogP) is 1.30. The summed E-state index contributed by atoms with van der Waals surface area (Å²) in [5, 5.41) is 36.9. The molecule has 5 heteroatoms. The lowest BCUT2D eigenvalue weighted by molar-refractivity contribution is 0.0228. The molecule has 132 valence electrons. The summed E-state index contributed by atoms with van der Waals surface area (Å²) in [7, 11) is 0. The van der Waals surface area contributed by atoms with Crippen molar-refractivity contribution in [3.63, 3.8) is 0 Å². The minimum absolute atomic E-state index is 0.281. The Morgan fingerprint density at radius 1 is 0.818 bits per heavy atom. The van der Waals surface area contributed by atoms with E-state index < -0.39 is 12.2 Å². The van der Waals surface area contributed by atoms with Crippen LogP contribution in [0.2, 0.25) is 0 Å². The van der Waals surface area contributed by atoms with E-state index in [9.17, 15) is 10.2 Å². The third-order valence-electron chi connectivity index (χ3n) is 3.61. The van der Waals surface area contributed by atoms with Crippen LogP contribution in [0.15, 0.2) is 12.2 Å². The van der Waals surface area contributed by atoms with Crippen molar-refractivity contribution in [2.24, 2.45) is 0 Å². The number of rotatable bonds is 15.